The van der Waals surface area contributed by atoms with Crippen LogP contribution in [-0.4, -0.2) is 76.4 Å². The van der Waals surface area contributed by atoms with Gasteiger partial charge in [0.25, 0.3) is 0 Å². The summed E-state index contributed by atoms with van der Waals surface area (Å²) >= 11 is 6.26. The van der Waals surface area contributed by atoms with Gasteiger partial charge in [-0.15, -0.1) is 0 Å². The fraction of sp³-hybridized carbons (Fsp3) is 0.548. The number of carbonyl (C=O) groups excluding carboxylic acids is 1. The largest absolute Gasteiger partial charge is 0.384 e. The van der Waals surface area contributed by atoms with Crippen LogP contribution in [0.5, 0.6) is 0 Å². The molecule has 1 amide bonds. The number of amides is 1. The van der Waals surface area contributed by atoms with E-state index in [1.54, 1.807) is 18.2 Å². The molecule has 2 aliphatic heterocycles. The van der Waals surface area contributed by atoms with Crippen molar-refractivity contribution in [1.82, 2.24) is 19.8 Å². The van der Waals surface area contributed by atoms with Gasteiger partial charge in [0.1, 0.15) is 22.7 Å². The number of aromatic nitrogens is 2. The maximum Gasteiger partial charge on any atom is 0.242 e. The van der Waals surface area contributed by atoms with Crippen LogP contribution in [0.25, 0.3) is 0 Å². The summed E-state index contributed by atoms with van der Waals surface area (Å²) in [5, 5.41) is 3.21. The predicted octanol–water partition coefficient (Wildman–Crippen LogP) is 5.87. The Bertz CT molecular complexity index is 1320. The highest BCUT2D eigenvalue weighted by Gasteiger charge is 2.35. The van der Waals surface area contributed by atoms with Gasteiger partial charge in [-0.2, -0.15) is 4.98 Å². The second-order valence-electron chi connectivity index (χ2n) is 11.5. The Morgan fingerprint density at radius 3 is 2.74 bits per heavy atom. The Balaban J connectivity index is 1.43. The molecule has 3 N–H and O–H groups in total. The van der Waals surface area contributed by atoms with E-state index in [4.69, 9.17) is 22.1 Å². The molecule has 0 spiro atoms. The van der Waals surface area contributed by atoms with Crippen LogP contribution in [0.3, 0.4) is 0 Å². The van der Waals surface area contributed by atoms with E-state index in [0.717, 1.165) is 48.9 Å². The molecule has 4 rings (SSSR count). The SMILES string of the molecule is CCCC(C)=CC(N)=Nc1nc(Nc2cc(C)c(C3CCN(C(=O)C4COCCN4C(C)C)CC3)cc2F)ncc1Cl. The van der Waals surface area contributed by atoms with Gasteiger partial charge in [-0.25, -0.2) is 14.4 Å². The second-order valence-corrected chi connectivity index (χ2v) is 11.9. The first-order valence-electron chi connectivity index (χ1n) is 14.8. The number of nitrogens with two attached hydrogens (primary N) is 1. The number of aryl methyl sites for hydroxylation is 1. The number of nitrogens with zero attached hydrogens (tertiary/aromatic N) is 5. The molecule has 9 nitrogen and oxygen atoms in total. The number of morpholine rings is 1. The highest BCUT2D eigenvalue weighted by molar-refractivity contribution is 6.32. The van der Waals surface area contributed by atoms with E-state index in [1.807, 2.05) is 18.7 Å². The van der Waals surface area contributed by atoms with Gasteiger partial charge < -0.3 is 20.7 Å². The Kier molecular flexibility index (Phi) is 10.9. The summed E-state index contributed by atoms with van der Waals surface area (Å²) in [6.07, 6.45) is 6.70. The molecular formula is C31H43ClFN7O2. The second kappa shape index (κ2) is 14.4. The lowest BCUT2D eigenvalue weighted by Gasteiger charge is -2.41. The van der Waals surface area contributed by atoms with Crippen molar-refractivity contribution in [3.05, 3.63) is 51.9 Å². The molecule has 2 fully saturated rings. The molecule has 0 saturated carbocycles. The number of allylic oxidation sites excluding steroid dienone is 1. The summed E-state index contributed by atoms with van der Waals surface area (Å²) in [4.78, 5) is 30.4. The molecule has 11 heteroatoms. The smallest absolute Gasteiger partial charge is 0.242 e. The molecule has 1 aromatic carbocycles. The van der Waals surface area contributed by atoms with Crippen molar-refractivity contribution >= 4 is 40.8 Å². The number of aliphatic imine (C=N–C) groups is 1. The zero-order valence-corrected chi connectivity index (χ0v) is 26.0. The average molecular weight is 600 g/mol. The topological polar surface area (TPSA) is 109 Å². The molecule has 228 valence electrons. The van der Waals surface area contributed by atoms with Crippen LogP contribution >= 0.6 is 11.6 Å². The zero-order chi connectivity index (χ0) is 30.4. The van der Waals surface area contributed by atoms with E-state index < -0.39 is 5.82 Å². The third-order valence-electron chi connectivity index (χ3n) is 7.97. The van der Waals surface area contributed by atoms with Crippen molar-refractivity contribution in [3.63, 3.8) is 0 Å². The van der Waals surface area contributed by atoms with E-state index in [9.17, 15) is 4.79 Å². The number of rotatable bonds is 9. The van der Waals surface area contributed by atoms with Gasteiger partial charge in [-0.1, -0.05) is 30.5 Å². The number of benzene rings is 1. The third-order valence-corrected chi connectivity index (χ3v) is 8.23. The molecule has 0 radical (unpaired) electrons. The highest BCUT2D eigenvalue weighted by atomic mass is 35.5. The van der Waals surface area contributed by atoms with E-state index in [-0.39, 0.29) is 52.2 Å². The van der Waals surface area contributed by atoms with Crippen LogP contribution in [0.4, 0.5) is 21.8 Å². The number of hydrogen-bond acceptors (Lipinski definition) is 7. The first-order valence-corrected chi connectivity index (χ1v) is 15.2. The van der Waals surface area contributed by atoms with Gasteiger partial charge in [0.15, 0.2) is 5.82 Å². The molecule has 2 aromatic rings. The van der Waals surface area contributed by atoms with Crippen molar-refractivity contribution in [2.45, 2.75) is 78.3 Å². The van der Waals surface area contributed by atoms with Crippen LogP contribution in [0.1, 0.15) is 70.4 Å². The van der Waals surface area contributed by atoms with Crippen molar-refractivity contribution in [2.24, 2.45) is 10.7 Å². The van der Waals surface area contributed by atoms with Gasteiger partial charge >= 0.3 is 0 Å². The first-order chi connectivity index (χ1) is 20.1. The Labute approximate surface area is 253 Å². The summed E-state index contributed by atoms with van der Waals surface area (Å²) < 4.78 is 21.0. The van der Waals surface area contributed by atoms with E-state index in [2.05, 4.69) is 45.9 Å². The summed E-state index contributed by atoms with van der Waals surface area (Å²) in [5.41, 5.74) is 9.35. The average Bonchev–Trinajstić information content (AvgIpc) is 2.96. The first kappa shape index (κ1) is 31.8. The van der Waals surface area contributed by atoms with Crippen LogP contribution in [-0.2, 0) is 9.53 Å². The number of carbonyl (C=O) groups is 1. The van der Waals surface area contributed by atoms with Crippen LogP contribution in [0.2, 0.25) is 5.02 Å². The van der Waals surface area contributed by atoms with E-state index in [0.29, 0.717) is 26.3 Å². The number of hydrogen-bond donors (Lipinski definition) is 2. The fourth-order valence-electron chi connectivity index (χ4n) is 5.79. The normalized spacial score (nSPS) is 19.4. The quantitative estimate of drug-likeness (QED) is 0.274. The monoisotopic (exact) mass is 599 g/mol. The molecule has 2 saturated heterocycles. The molecule has 0 bridgehead atoms. The maximum absolute atomic E-state index is 15.4. The van der Waals surface area contributed by atoms with E-state index in [1.165, 1.54) is 6.20 Å². The minimum atomic E-state index is -0.401. The van der Waals surface area contributed by atoms with Gasteiger partial charge in [0, 0.05) is 25.7 Å². The Hall–Kier alpha value is -3.08. The molecule has 3 heterocycles. The summed E-state index contributed by atoms with van der Waals surface area (Å²) in [6, 6.07) is 3.41. The molecule has 1 atom stereocenters. The van der Waals surface area contributed by atoms with Crippen LogP contribution in [0.15, 0.2) is 35.0 Å². The van der Waals surface area contributed by atoms with Gasteiger partial charge in [-0.05, 0) is 82.2 Å². The summed E-state index contributed by atoms with van der Waals surface area (Å²) in [7, 11) is 0. The van der Waals surface area contributed by atoms with Crippen molar-refractivity contribution in [1.29, 1.82) is 0 Å². The number of likely N-dealkylation sites (tertiary alicyclic amines) is 1. The number of piperidine rings is 1. The molecule has 1 unspecified atom stereocenters. The Morgan fingerprint density at radius 1 is 1.31 bits per heavy atom. The Morgan fingerprint density at radius 2 is 2.05 bits per heavy atom. The molecule has 1 aromatic heterocycles. The van der Waals surface area contributed by atoms with Crippen molar-refractivity contribution in [2.75, 3.05) is 38.2 Å². The fourth-order valence-corrected chi connectivity index (χ4v) is 5.93. The molecule has 2 aliphatic rings. The van der Waals surface area contributed by atoms with Gasteiger partial charge in [-0.3, -0.25) is 9.69 Å². The lowest BCUT2D eigenvalue weighted by Crippen LogP contribution is -2.57. The minimum Gasteiger partial charge on any atom is -0.384 e. The van der Waals surface area contributed by atoms with Gasteiger partial charge in [0.05, 0.1) is 25.1 Å². The maximum atomic E-state index is 15.4. The lowest BCUT2D eigenvalue weighted by molar-refractivity contribution is -0.145. The van der Waals surface area contributed by atoms with Crippen LogP contribution < -0.4 is 11.1 Å². The lowest BCUT2D eigenvalue weighted by atomic mass is 9.86. The third kappa shape index (κ3) is 7.85. The number of halogens is 2. The van der Waals surface area contributed by atoms with Crippen molar-refractivity contribution < 1.29 is 13.9 Å². The zero-order valence-electron chi connectivity index (χ0n) is 25.3. The summed E-state index contributed by atoms with van der Waals surface area (Å²) in [5.74, 6) is 0.558. The van der Waals surface area contributed by atoms with E-state index >= 15 is 4.39 Å². The number of nitrogens with one attached hydrogen (secondary N) is 1. The molecule has 0 aliphatic carbocycles. The van der Waals surface area contributed by atoms with Crippen molar-refractivity contribution in [3.8, 4) is 0 Å². The minimum absolute atomic E-state index is 0.129. The van der Waals surface area contributed by atoms with Gasteiger partial charge in [0.2, 0.25) is 11.9 Å². The van der Waals surface area contributed by atoms with Crippen LogP contribution in [0, 0.1) is 12.7 Å². The number of amidine groups is 1. The number of anilines is 2. The molecular weight excluding hydrogens is 557 g/mol. The summed E-state index contributed by atoms with van der Waals surface area (Å²) in [6.45, 7) is 13.4. The highest BCUT2D eigenvalue weighted by Crippen LogP contribution is 2.34. The standard InChI is InChI=1S/C31H43ClFN7O2/c1-6-7-20(4)14-28(34)37-29-24(32)17-35-31(38-29)36-26-15-21(5)23(16-25(26)33)22-8-10-39(11-9-22)30(41)27-18-42-13-12-40(27)19(2)3/h14-17,19,22,27H,6-13,18H2,1-5H3,(H3,34,35,36,37,38). The predicted molar refractivity (Wildman–Crippen MR) is 166 cm³/mol. The molecule has 42 heavy (non-hydrogen) atoms. The number of ether oxygens (including phenoxy) is 1.